The second-order valence-electron chi connectivity index (χ2n) is 9.05. The highest BCUT2D eigenvalue weighted by atomic mass is 31.2. The van der Waals surface area contributed by atoms with Crippen molar-refractivity contribution in [3.63, 3.8) is 0 Å². The first-order valence-corrected chi connectivity index (χ1v) is 13.6. The second kappa shape index (κ2) is 11.5. The number of carbonyl (C=O) groups excluding carboxylic acids is 2. The predicted octanol–water partition coefficient (Wildman–Crippen LogP) is 4.44. The van der Waals surface area contributed by atoms with Gasteiger partial charge in [0.15, 0.2) is 5.82 Å². The Morgan fingerprint density at radius 2 is 1.97 bits per heavy atom. The molecule has 0 spiro atoms. The molecule has 12 heteroatoms. The van der Waals surface area contributed by atoms with Crippen molar-refractivity contribution < 1.29 is 32.9 Å². The normalized spacial score (nSPS) is 14.6. The number of aromatic nitrogens is 1. The number of anilines is 2. The van der Waals surface area contributed by atoms with Gasteiger partial charge in [-0.3, -0.25) is 19.0 Å². The number of phosphoric acid groups is 1. The molecule has 0 aliphatic carbocycles. The molecule has 0 atom stereocenters. The van der Waals surface area contributed by atoms with E-state index in [-0.39, 0.29) is 11.7 Å². The monoisotopic (exact) mass is 544 g/mol. The number of amides is 2. The lowest BCUT2D eigenvalue weighted by atomic mass is 9.99. The molecule has 4 rings (SSSR count). The Morgan fingerprint density at radius 1 is 1.29 bits per heavy atom. The fraction of sp³-hybridized carbons (Fsp3) is 0.346. The molecular formula is C26H33N4O7P. The van der Waals surface area contributed by atoms with Gasteiger partial charge < -0.3 is 24.4 Å². The average Bonchev–Trinajstić information content (AvgIpc) is 3.18. The van der Waals surface area contributed by atoms with Crippen molar-refractivity contribution in [2.24, 2.45) is 0 Å². The molecule has 3 aromatic rings. The number of fused-ring (bicyclic) bond motifs is 2. The molecule has 2 amide bonds. The van der Waals surface area contributed by atoms with Crippen LogP contribution in [-0.2, 0) is 25.2 Å². The van der Waals surface area contributed by atoms with Gasteiger partial charge in [0.2, 0.25) is 5.91 Å². The van der Waals surface area contributed by atoms with E-state index in [2.05, 4.69) is 14.8 Å². The van der Waals surface area contributed by atoms with Gasteiger partial charge in [0.05, 0.1) is 12.2 Å². The maximum Gasteiger partial charge on any atom is 0.471 e. The molecule has 0 saturated heterocycles. The minimum absolute atomic E-state index is 0.161. The third-order valence-electron chi connectivity index (χ3n) is 5.84. The van der Waals surface area contributed by atoms with E-state index in [1.807, 2.05) is 45.0 Å². The number of phosphoric ester groups is 1. The van der Waals surface area contributed by atoms with Crippen molar-refractivity contribution in [1.82, 2.24) is 9.88 Å². The highest BCUT2D eigenvalue weighted by Gasteiger charge is 2.40. The standard InChI is InChI=1S/C24H27N4O7P.C2H6/c1-15-17-7-5-6-8-19(17)35-20(15)13-27(4)21(29)10-9-16-11-18-22(25-12-16)28(14-34-36(31,32)33)23(30)24(2,3)26-18;1-2/h5-12,26H,13-14H2,1-4H3,(H2,31,32,33);1-2H3/b10-9+;. The van der Waals surface area contributed by atoms with Gasteiger partial charge in [0.1, 0.15) is 23.6 Å². The molecule has 0 unspecified atom stereocenters. The van der Waals surface area contributed by atoms with Gasteiger partial charge in [-0.2, -0.15) is 0 Å². The first-order chi connectivity index (χ1) is 17.9. The highest BCUT2D eigenvalue weighted by molar-refractivity contribution is 7.46. The maximum atomic E-state index is 12.8. The van der Waals surface area contributed by atoms with Crippen molar-refractivity contribution in [2.45, 2.75) is 46.7 Å². The summed E-state index contributed by atoms with van der Waals surface area (Å²) in [6.45, 7) is 8.86. The quantitative estimate of drug-likeness (QED) is 0.290. The third-order valence-corrected chi connectivity index (χ3v) is 6.30. The van der Waals surface area contributed by atoms with Crippen LogP contribution in [0.25, 0.3) is 17.0 Å². The Morgan fingerprint density at radius 3 is 2.63 bits per heavy atom. The number of para-hydroxylation sites is 1. The Hall–Kier alpha value is -3.50. The summed E-state index contributed by atoms with van der Waals surface area (Å²) >= 11 is 0. The Labute approximate surface area is 221 Å². The first kappa shape index (κ1) is 29.1. The molecule has 1 aliphatic rings. The number of hydrogen-bond acceptors (Lipinski definition) is 7. The average molecular weight is 545 g/mol. The molecular weight excluding hydrogens is 511 g/mol. The fourth-order valence-corrected chi connectivity index (χ4v) is 4.18. The number of nitrogens with one attached hydrogen (secondary N) is 1. The first-order valence-electron chi connectivity index (χ1n) is 12.1. The van der Waals surface area contributed by atoms with Crippen LogP contribution in [0.5, 0.6) is 0 Å². The smallest absolute Gasteiger partial charge is 0.459 e. The van der Waals surface area contributed by atoms with Crippen molar-refractivity contribution in [1.29, 1.82) is 0 Å². The zero-order valence-corrected chi connectivity index (χ0v) is 23.2. The third kappa shape index (κ3) is 6.49. The molecule has 1 aromatic carbocycles. The topological polar surface area (TPSA) is 145 Å². The van der Waals surface area contributed by atoms with Crippen LogP contribution in [0.2, 0.25) is 0 Å². The number of aryl methyl sites for hydroxylation is 1. The number of likely N-dealkylation sites (N-methyl/N-ethyl adjacent to an activating group) is 1. The largest absolute Gasteiger partial charge is 0.471 e. The van der Waals surface area contributed by atoms with Gasteiger partial charge >= 0.3 is 7.82 Å². The van der Waals surface area contributed by atoms with Crippen molar-refractivity contribution in [2.75, 3.05) is 24.0 Å². The van der Waals surface area contributed by atoms with Crippen LogP contribution in [0.3, 0.4) is 0 Å². The van der Waals surface area contributed by atoms with E-state index >= 15 is 0 Å². The van der Waals surface area contributed by atoms with Gasteiger partial charge in [0, 0.05) is 30.3 Å². The summed E-state index contributed by atoms with van der Waals surface area (Å²) in [5, 5.41) is 4.08. The van der Waals surface area contributed by atoms with Crippen molar-refractivity contribution in [3.8, 4) is 0 Å². The number of carbonyl (C=O) groups is 2. The van der Waals surface area contributed by atoms with E-state index in [9.17, 15) is 14.2 Å². The van der Waals surface area contributed by atoms with Crippen LogP contribution in [0.4, 0.5) is 11.5 Å². The summed E-state index contributed by atoms with van der Waals surface area (Å²) in [7, 11) is -3.11. The number of rotatable bonds is 7. The SMILES string of the molecule is CC.Cc1c(CN(C)C(=O)/C=C/c2cnc3c(c2)NC(C)(C)C(=O)N3COP(=O)(O)O)oc2ccccc12. The predicted molar refractivity (Wildman–Crippen MR) is 145 cm³/mol. The molecule has 3 N–H and O–H groups in total. The Balaban J connectivity index is 0.00000195. The molecule has 0 bridgehead atoms. The molecule has 11 nitrogen and oxygen atoms in total. The number of furan rings is 1. The number of hydrogen-bond donors (Lipinski definition) is 3. The van der Waals surface area contributed by atoms with E-state index in [0.29, 0.717) is 23.6 Å². The van der Waals surface area contributed by atoms with E-state index in [4.69, 9.17) is 14.2 Å². The summed E-state index contributed by atoms with van der Waals surface area (Å²) in [6, 6.07) is 9.39. The molecule has 0 fully saturated rings. The zero-order valence-electron chi connectivity index (χ0n) is 22.3. The lowest BCUT2D eigenvalue weighted by Crippen LogP contribution is -2.54. The van der Waals surface area contributed by atoms with Gasteiger partial charge in [-0.15, -0.1) is 0 Å². The van der Waals surface area contributed by atoms with E-state index in [1.54, 1.807) is 33.0 Å². The van der Waals surface area contributed by atoms with Gasteiger partial charge in [0.25, 0.3) is 5.91 Å². The van der Waals surface area contributed by atoms with Crippen molar-refractivity contribution >= 4 is 48.2 Å². The molecule has 0 radical (unpaired) electrons. The van der Waals surface area contributed by atoms with Crippen LogP contribution < -0.4 is 10.2 Å². The van der Waals surface area contributed by atoms with Crippen LogP contribution in [0, 0.1) is 6.92 Å². The van der Waals surface area contributed by atoms with Crippen LogP contribution in [0.15, 0.2) is 47.0 Å². The number of benzene rings is 1. The van der Waals surface area contributed by atoms with E-state index < -0.39 is 26.0 Å². The molecule has 38 heavy (non-hydrogen) atoms. The molecule has 204 valence electrons. The highest BCUT2D eigenvalue weighted by Crippen LogP contribution is 2.39. The molecule has 1 aliphatic heterocycles. The van der Waals surface area contributed by atoms with Crippen molar-refractivity contribution in [3.05, 3.63) is 59.5 Å². The summed E-state index contributed by atoms with van der Waals surface area (Å²) in [5.74, 6) is 0.169. The van der Waals surface area contributed by atoms with Crippen LogP contribution in [0.1, 0.15) is 44.6 Å². The minimum atomic E-state index is -4.79. The van der Waals surface area contributed by atoms with Crippen LogP contribution in [-0.4, -0.2) is 50.8 Å². The van der Waals surface area contributed by atoms with Gasteiger partial charge in [-0.25, -0.2) is 9.55 Å². The lowest BCUT2D eigenvalue weighted by Gasteiger charge is -2.38. The fourth-order valence-electron chi connectivity index (χ4n) is 3.91. The maximum absolute atomic E-state index is 12.8. The summed E-state index contributed by atoms with van der Waals surface area (Å²) < 4.78 is 21.6. The van der Waals surface area contributed by atoms with Gasteiger partial charge in [-0.1, -0.05) is 32.0 Å². The number of nitrogens with zero attached hydrogens (tertiary/aromatic N) is 3. The van der Waals surface area contributed by atoms with Gasteiger partial charge in [-0.05, 0) is 44.5 Å². The number of pyridine rings is 1. The molecule has 0 saturated carbocycles. The Bertz CT molecular complexity index is 1410. The molecule has 3 heterocycles. The molecule has 2 aromatic heterocycles. The van der Waals surface area contributed by atoms with E-state index in [1.165, 1.54) is 17.2 Å². The minimum Gasteiger partial charge on any atom is -0.459 e. The second-order valence-corrected chi connectivity index (χ2v) is 10.3. The lowest BCUT2D eigenvalue weighted by molar-refractivity contribution is -0.125. The zero-order chi connectivity index (χ0) is 28.3. The Kier molecular flexibility index (Phi) is 8.79. The summed E-state index contributed by atoms with van der Waals surface area (Å²) in [6.07, 6.45) is 4.46. The summed E-state index contributed by atoms with van der Waals surface area (Å²) in [5.41, 5.74) is 1.73. The summed E-state index contributed by atoms with van der Waals surface area (Å²) in [4.78, 5) is 50.4. The van der Waals surface area contributed by atoms with E-state index in [0.717, 1.165) is 21.4 Å². The van der Waals surface area contributed by atoms with Crippen LogP contribution >= 0.6 is 7.82 Å².